The van der Waals surface area contributed by atoms with E-state index in [4.69, 9.17) is 4.74 Å². The molecule has 0 N–H and O–H groups in total. The van der Waals surface area contributed by atoms with Crippen LogP contribution in [-0.2, 0) is 9.53 Å². The number of amides is 2. The molecule has 0 saturated carbocycles. The summed E-state index contributed by atoms with van der Waals surface area (Å²) in [4.78, 5) is 33.8. The maximum Gasteiger partial charge on any atom is 0.253 e. The molecule has 2 saturated heterocycles. The summed E-state index contributed by atoms with van der Waals surface area (Å²) < 4.78 is 5.32. The Morgan fingerprint density at radius 1 is 0.929 bits per heavy atom. The smallest absolute Gasteiger partial charge is 0.253 e. The average Bonchev–Trinajstić information content (AvgIpc) is 2.79. The van der Waals surface area contributed by atoms with Crippen LogP contribution in [0.1, 0.15) is 23.2 Å². The second-order valence-electron chi connectivity index (χ2n) is 7.30. The first-order valence-electron chi connectivity index (χ1n) is 9.89. The number of pyridine rings is 1. The first kappa shape index (κ1) is 18.6. The molecule has 2 fully saturated rings. The highest BCUT2D eigenvalue weighted by molar-refractivity contribution is 5.95. The number of benzene rings is 1. The van der Waals surface area contributed by atoms with Crippen molar-refractivity contribution >= 4 is 11.8 Å². The van der Waals surface area contributed by atoms with E-state index in [9.17, 15) is 9.59 Å². The minimum Gasteiger partial charge on any atom is -0.378 e. The summed E-state index contributed by atoms with van der Waals surface area (Å²) in [5.41, 5.74) is 2.43. The Morgan fingerprint density at radius 2 is 1.64 bits per heavy atom. The molecule has 0 unspecified atom stereocenters. The van der Waals surface area contributed by atoms with E-state index >= 15 is 0 Å². The van der Waals surface area contributed by atoms with Gasteiger partial charge in [0, 0.05) is 49.4 Å². The Morgan fingerprint density at radius 3 is 2.36 bits per heavy atom. The Balaban J connectivity index is 1.38. The summed E-state index contributed by atoms with van der Waals surface area (Å²) in [6, 6.07) is 13.5. The van der Waals surface area contributed by atoms with Crippen molar-refractivity contribution in [1.29, 1.82) is 0 Å². The van der Waals surface area contributed by atoms with E-state index in [0.29, 0.717) is 45.0 Å². The zero-order valence-corrected chi connectivity index (χ0v) is 15.9. The molecule has 3 heterocycles. The number of hydrogen-bond donors (Lipinski definition) is 0. The number of nitrogens with zero attached hydrogens (tertiary/aromatic N) is 3. The number of aromatic nitrogens is 1. The van der Waals surface area contributed by atoms with Gasteiger partial charge in [0.05, 0.1) is 18.9 Å². The maximum absolute atomic E-state index is 12.9. The molecule has 6 nitrogen and oxygen atoms in total. The minimum atomic E-state index is 0.0110. The molecular formula is C22H25N3O3. The lowest BCUT2D eigenvalue weighted by Gasteiger charge is -2.35. The molecule has 146 valence electrons. The van der Waals surface area contributed by atoms with Crippen LogP contribution in [0.25, 0.3) is 11.3 Å². The van der Waals surface area contributed by atoms with Crippen molar-refractivity contribution in [3.8, 4) is 11.3 Å². The predicted molar refractivity (Wildman–Crippen MR) is 106 cm³/mol. The summed E-state index contributed by atoms with van der Waals surface area (Å²) in [6.07, 6.45) is 3.13. The Bertz CT molecular complexity index is 826. The fourth-order valence-electron chi connectivity index (χ4n) is 3.88. The number of carbonyl (C=O) groups is 2. The lowest BCUT2D eigenvalue weighted by molar-refractivity contribution is -0.141. The van der Waals surface area contributed by atoms with Gasteiger partial charge >= 0.3 is 0 Å². The van der Waals surface area contributed by atoms with Gasteiger partial charge in [-0.1, -0.05) is 30.3 Å². The number of piperidine rings is 1. The third-order valence-electron chi connectivity index (χ3n) is 5.53. The van der Waals surface area contributed by atoms with Gasteiger partial charge in [0.15, 0.2) is 0 Å². The molecule has 0 bridgehead atoms. The summed E-state index contributed by atoms with van der Waals surface area (Å²) in [5.74, 6) is 0.238. The monoisotopic (exact) mass is 379 g/mol. The van der Waals surface area contributed by atoms with E-state index in [-0.39, 0.29) is 17.7 Å². The van der Waals surface area contributed by atoms with Gasteiger partial charge in [-0.3, -0.25) is 14.6 Å². The summed E-state index contributed by atoms with van der Waals surface area (Å²) in [5, 5.41) is 0. The molecule has 1 aromatic heterocycles. The van der Waals surface area contributed by atoms with Gasteiger partial charge in [0.1, 0.15) is 0 Å². The second kappa shape index (κ2) is 8.52. The lowest BCUT2D eigenvalue weighted by atomic mass is 9.94. The van der Waals surface area contributed by atoms with Crippen LogP contribution in [0.3, 0.4) is 0 Å². The van der Waals surface area contributed by atoms with Gasteiger partial charge in [-0.25, -0.2) is 0 Å². The fraction of sp³-hybridized carbons (Fsp3) is 0.409. The standard InChI is InChI=1S/C22H25N3O3/c26-21(25-12-14-28-15-13-25)18-7-10-24(11-8-18)22(27)19-6-9-23-20(16-19)17-4-2-1-3-5-17/h1-6,9,16,18H,7-8,10-15H2. The van der Waals surface area contributed by atoms with E-state index < -0.39 is 0 Å². The first-order chi connectivity index (χ1) is 13.7. The van der Waals surface area contributed by atoms with Gasteiger partial charge < -0.3 is 14.5 Å². The molecule has 0 atom stereocenters. The minimum absolute atomic E-state index is 0.0110. The average molecular weight is 379 g/mol. The highest BCUT2D eigenvalue weighted by atomic mass is 16.5. The number of hydrogen-bond acceptors (Lipinski definition) is 4. The van der Waals surface area contributed by atoms with E-state index in [2.05, 4.69) is 4.98 Å². The van der Waals surface area contributed by atoms with Gasteiger partial charge in [0.25, 0.3) is 5.91 Å². The predicted octanol–water partition coefficient (Wildman–Crippen LogP) is 2.46. The summed E-state index contributed by atoms with van der Waals surface area (Å²) in [6.45, 7) is 3.82. The molecular weight excluding hydrogens is 354 g/mol. The number of morpholine rings is 1. The number of likely N-dealkylation sites (tertiary alicyclic amines) is 1. The van der Waals surface area contributed by atoms with Crippen LogP contribution in [0.5, 0.6) is 0 Å². The SMILES string of the molecule is O=C(c1ccnc(-c2ccccc2)c1)N1CCC(C(=O)N2CCOCC2)CC1. The number of rotatable bonds is 3. The van der Waals surface area contributed by atoms with Crippen molar-refractivity contribution in [3.05, 3.63) is 54.2 Å². The van der Waals surface area contributed by atoms with Crippen molar-refractivity contribution in [3.63, 3.8) is 0 Å². The molecule has 28 heavy (non-hydrogen) atoms. The van der Waals surface area contributed by atoms with E-state index in [1.165, 1.54) is 0 Å². The third kappa shape index (κ3) is 4.07. The van der Waals surface area contributed by atoms with Crippen molar-refractivity contribution in [1.82, 2.24) is 14.8 Å². The van der Waals surface area contributed by atoms with Crippen molar-refractivity contribution in [2.45, 2.75) is 12.8 Å². The van der Waals surface area contributed by atoms with Crippen molar-refractivity contribution in [2.75, 3.05) is 39.4 Å². The molecule has 2 aliphatic rings. The molecule has 0 radical (unpaired) electrons. The highest BCUT2D eigenvalue weighted by Crippen LogP contribution is 2.23. The van der Waals surface area contributed by atoms with Gasteiger partial charge in [-0.15, -0.1) is 0 Å². The molecule has 1 aromatic carbocycles. The van der Waals surface area contributed by atoms with Crippen LogP contribution in [-0.4, -0.2) is 66.0 Å². The molecule has 2 aromatic rings. The normalized spacial score (nSPS) is 18.1. The molecule has 0 aliphatic carbocycles. The number of ether oxygens (including phenoxy) is 1. The van der Waals surface area contributed by atoms with Gasteiger partial charge in [-0.05, 0) is 25.0 Å². The van der Waals surface area contributed by atoms with Gasteiger partial charge in [0.2, 0.25) is 5.91 Å². The zero-order chi connectivity index (χ0) is 19.3. The maximum atomic E-state index is 12.9. The van der Waals surface area contributed by atoms with E-state index in [1.807, 2.05) is 46.2 Å². The fourth-order valence-corrected chi connectivity index (χ4v) is 3.88. The second-order valence-corrected chi connectivity index (χ2v) is 7.30. The third-order valence-corrected chi connectivity index (χ3v) is 5.53. The van der Waals surface area contributed by atoms with Crippen LogP contribution >= 0.6 is 0 Å². The topological polar surface area (TPSA) is 62.7 Å². The first-order valence-corrected chi connectivity index (χ1v) is 9.89. The van der Waals surface area contributed by atoms with Crippen LogP contribution in [0.2, 0.25) is 0 Å². The molecule has 4 rings (SSSR count). The van der Waals surface area contributed by atoms with Crippen molar-refractivity contribution < 1.29 is 14.3 Å². The van der Waals surface area contributed by atoms with Crippen LogP contribution in [0.4, 0.5) is 0 Å². The van der Waals surface area contributed by atoms with Crippen LogP contribution < -0.4 is 0 Å². The Kier molecular flexibility index (Phi) is 5.67. The zero-order valence-electron chi connectivity index (χ0n) is 15.9. The van der Waals surface area contributed by atoms with Crippen LogP contribution in [0.15, 0.2) is 48.7 Å². The Labute approximate surface area is 165 Å². The quantitative estimate of drug-likeness (QED) is 0.822. The van der Waals surface area contributed by atoms with Gasteiger partial charge in [-0.2, -0.15) is 0 Å². The van der Waals surface area contributed by atoms with E-state index in [1.54, 1.807) is 12.3 Å². The van der Waals surface area contributed by atoms with Crippen LogP contribution in [0, 0.1) is 5.92 Å². The molecule has 2 amide bonds. The Hall–Kier alpha value is -2.73. The molecule has 0 spiro atoms. The van der Waals surface area contributed by atoms with Crippen molar-refractivity contribution in [2.24, 2.45) is 5.92 Å². The summed E-state index contributed by atoms with van der Waals surface area (Å²) in [7, 11) is 0. The molecule has 6 heteroatoms. The molecule has 2 aliphatic heterocycles. The lowest BCUT2D eigenvalue weighted by Crippen LogP contribution is -2.47. The largest absolute Gasteiger partial charge is 0.378 e. The number of carbonyl (C=O) groups excluding carboxylic acids is 2. The van der Waals surface area contributed by atoms with E-state index in [0.717, 1.165) is 24.1 Å². The highest BCUT2D eigenvalue weighted by Gasteiger charge is 2.31. The summed E-state index contributed by atoms with van der Waals surface area (Å²) >= 11 is 0.